The summed E-state index contributed by atoms with van der Waals surface area (Å²) in [5.41, 5.74) is 7.72. The highest BCUT2D eigenvalue weighted by Gasteiger charge is 2.07. The normalized spacial score (nSPS) is 10.1. The van der Waals surface area contributed by atoms with Gasteiger partial charge in [-0.25, -0.2) is 4.39 Å². The molecule has 0 atom stereocenters. The molecule has 0 bridgehead atoms. The Morgan fingerprint density at radius 1 is 1.41 bits per heavy atom. The van der Waals surface area contributed by atoms with Crippen LogP contribution < -0.4 is 5.73 Å². The van der Waals surface area contributed by atoms with Crippen molar-refractivity contribution in [2.24, 2.45) is 5.73 Å². The molecule has 0 aliphatic carbocycles. The van der Waals surface area contributed by atoms with E-state index in [0.29, 0.717) is 6.54 Å². The van der Waals surface area contributed by atoms with Gasteiger partial charge in [-0.2, -0.15) is 5.10 Å². The van der Waals surface area contributed by atoms with Crippen molar-refractivity contribution < 1.29 is 9.18 Å². The highest BCUT2D eigenvalue weighted by Crippen LogP contribution is 2.19. The van der Waals surface area contributed by atoms with Crippen LogP contribution in [0.3, 0.4) is 0 Å². The van der Waals surface area contributed by atoms with Crippen molar-refractivity contribution in [2.75, 3.05) is 20.1 Å². The molecule has 0 fully saturated rings. The van der Waals surface area contributed by atoms with E-state index in [-0.39, 0.29) is 30.7 Å². The van der Waals surface area contributed by atoms with E-state index in [1.165, 1.54) is 12.1 Å². The quantitative estimate of drug-likeness (QED) is 0.852. The van der Waals surface area contributed by atoms with E-state index in [2.05, 4.69) is 10.2 Å². The van der Waals surface area contributed by atoms with Gasteiger partial charge in [0.05, 0.1) is 12.2 Å². The second-order valence-electron chi connectivity index (χ2n) is 4.91. The van der Waals surface area contributed by atoms with Gasteiger partial charge in [-0.3, -0.25) is 9.89 Å². The number of nitrogens with two attached hydrogens (primary N) is 1. The molecule has 0 saturated heterocycles. The molecule has 3 N–H and O–H groups in total. The van der Waals surface area contributed by atoms with Crippen LogP contribution in [0.5, 0.6) is 0 Å². The minimum absolute atomic E-state index is 0. The number of H-pyrrole nitrogens is 1. The van der Waals surface area contributed by atoms with E-state index >= 15 is 0 Å². The fourth-order valence-corrected chi connectivity index (χ4v) is 2.07. The number of nitrogens with zero attached hydrogens (tertiary/aromatic N) is 2. The van der Waals surface area contributed by atoms with Crippen molar-refractivity contribution in [3.63, 3.8) is 0 Å². The maximum absolute atomic E-state index is 13.2. The molecule has 7 heteroatoms. The minimum Gasteiger partial charge on any atom is -0.345 e. The Balaban J connectivity index is 0.00000242. The smallest absolute Gasteiger partial charge is 0.236 e. The number of aryl methyl sites for hydroxylation is 1. The number of likely N-dealkylation sites (N-methyl/N-ethyl adjacent to an activating group) is 1. The lowest BCUT2D eigenvalue weighted by Crippen LogP contribution is -2.33. The largest absolute Gasteiger partial charge is 0.345 e. The van der Waals surface area contributed by atoms with Crippen LogP contribution in [0.1, 0.15) is 12.1 Å². The zero-order valence-corrected chi connectivity index (χ0v) is 13.2. The highest BCUT2D eigenvalue weighted by molar-refractivity contribution is 5.85. The monoisotopic (exact) mass is 326 g/mol. The van der Waals surface area contributed by atoms with E-state index in [4.69, 9.17) is 5.73 Å². The Kier molecular flexibility index (Phi) is 7.01. The van der Waals surface area contributed by atoms with Crippen LogP contribution in [0.15, 0.2) is 30.3 Å². The Labute approximate surface area is 135 Å². The van der Waals surface area contributed by atoms with Gasteiger partial charge in [0.2, 0.25) is 5.91 Å². The zero-order chi connectivity index (χ0) is 15.2. The molecule has 0 saturated carbocycles. The number of hydrogen-bond acceptors (Lipinski definition) is 3. The number of rotatable bonds is 6. The van der Waals surface area contributed by atoms with Crippen molar-refractivity contribution in [2.45, 2.75) is 12.8 Å². The number of carbonyl (C=O) groups excluding carboxylic acids is 1. The number of benzene rings is 1. The number of carbonyl (C=O) groups is 1. The van der Waals surface area contributed by atoms with Crippen LogP contribution in [0.4, 0.5) is 4.39 Å². The van der Waals surface area contributed by atoms with Gasteiger partial charge in [-0.1, -0.05) is 12.1 Å². The summed E-state index contributed by atoms with van der Waals surface area (Å²) >= 11 is 0. The molecule has 5 nitrogen and oxygen atoms in total. The number of halogens is 2. The molecule has 0 radical (unpaired) electrons. The van der Waals surface area contributed by atoms with Gasteiger partial charge in [-0.05, 0) is 31.0 Å². The van der Waals surface area contributed by atoms with Crippen LogP contribution in [-0.4, -0.2) is 41.1 Å². The van der Waals surface area contributed by atoms with E-state index in [0.717, 1.165) is 29.8 Å². The van der Waals surface area contributed by atoms with Crippen LogP contribution >= 0.6 is 12.4 Å². The van der Waals surface area contributed by atoms with Crippen molar-refractivity contribution in [3.8, 4) is 11.3 Å². The summed E-state index contributed by atoms with van der Waals surface area (Å²) in [6.45, 7) is 0.675. The standard InChI is InChI=1S/C15H19FN4O.ClH/c1-20(15(21)10-17)7-3-6-13-9-14(19-18-13)11-4-2-5-12(16)8-11;/h2,4-5,8-9H,3,6-7,10,17H2,1H3,(H,18,19);1H. The molecular formula is C15H20ClFN4O. The summed E-state index contributed by atoms with van der Waals surface area (Å²) in [5, 5.41) is 7.12. The van der Waals surface area contributed by atoms with Crippen molar-refractivity contribution in [3.05, 3.63) is 41.8 Å². The van der Waals surface area contributed by atoms with E-state index in [1.54, 1.807) is 18.0 Å². The van der Waals surface area contributed by atoms with Gasteiger partial charge >= 0.3 is 0 Å². The summed E-state index contributed by atoms with van der Waals surface area (Å²) in [4.78, 5) is 12.9. The molecule has 0 aliphatic rings. The van der Waals surface area contributed by atoms with Crippen molar-refractivity contribution >= 4 is 18.3 Å². The Bertz CT molecular complexity index is 617. The molecule has 0 aliphatic heterocycles. The van der Waals surface area contributed by atoms with Crippen LogP contribution in [0.25, 0.3) is 11.3 Å². The lowest BCUT2D eigenvalue weighted by Gasteiger charge is -2.15. The molecule has 1 aromatic heterocycles. The van der Waals surface area contributed by atoms with Gasteiger partial charge in [0.15, 0.2) is 0 Å². The third-order valence-corrected chi connectivity index (χ3v) is 3.29. The average molecular weight is 327 g/mol. The molecule has 0 unspecified atom stereocenters. The first-order chi connectivity index (χ1) is 10.1. The van der Waals surface area contributed by atoms with Gasteiger partial charge < -0.3 is 10.6 Å². The van der Waals surface area contributed by atoms with Gasteiger partial charge in [0.1, 0.15) is 5.82 Å². The molecule has 2 rings (SSSR count). The molecule has 1 aromatic carbocycles. The van der Waals surface area contributed by atoms with E-state index < -0.39 is 0 Å². The molecule has 2 aromatic rings. The molecule has 22 heavy (non-hydrogen) atoms. The third kappa shape index (κ3) is 4.82. The number of nitrogens with one attached hydrogen (secondary N) is 1. The Morgan fingerprint density at radius 3 is 2.86 bits per heavy atom. The lowest BCUT2D eigenvalue weighted by molar-refractivity contribution is -0.128. The van der Waals surface area contributed by atoms with Gasteiger partial charge in [-0.15, -0.1) is 12.4 Å². The van der Waals surface area contributed by atoms with Crippen LogP contribution in [0.2, 0.25) is 0 Å². The molecule has 120 valence electrons. The highest BCUT2D eigenvalue weighted by atomic mass is 35.5. The Hall–Kier alpha value is -1.92. The lowest BCUT2D eigenvalue weighted by atomic mass is 10.1. The Morgan fingerprint density at radius 2 is 2.18 bits per heavy atom. The molecule has 1 amide bonds. The average Bonchev–Trinajstić information content (AvgIpc) is 2.95. The molecule has 0 spiro atoms. The van der Waals surface area contributed by atoms with Crippen LogP contribution in [-0.2, 0) is 11.2 Å². The summed E-state index contributed by atoms with van der Waals surface area (Å²) in [6, 6.07) is 8.23. The zero-order valence-electron chi connectivity index (χ0n) is 12.4. The number of amides is 1. The second-order valence-corrected chi connectivity index (χ2v) is 4.91. The number of hydrogen-bond donors (Lipinski definition) is 2. The first-order valence-corrected chi connectivity index (χ1v) is 6.84. The predicted octanol–water partition coefficient (Wildman–Crippen LogP) is 1.99. The number of aromatic nitrogens is 2. The molecular weight excluding hydrogens is 307 g/mol. The van der Waals surface area contributed by atoms with Crippen LogP contribution in [0, 0.1) is 5.82 Å². The first kappa shape index (κ1) is 18.1. The SMILES string of the molecule is CN(CCCc1cc(-c2cccc(F)c2)n[nH]1)C(=O)CN.Cl. The van der Waals surface area contributed by atoms with Crippen molar-refractivity contribution in [1.29, 1.82) is 0 Å². The minimum atomic E-state index is -0.279. The third-order valence-electron chi connectivity index (χ3n) is 3.29. The van der Waals surface area contributed by atoms with Gasteiger partial charge in [0, 0.05) is 24.8 Å². The predicted molar refractivity (Wildman–Crippen MR) is 86.2 cm³/mol. The summed E-state index contributed by atoms with van der Waals surface area (Å²) in [5.74, 6) is -0.348. The first-order valence-electron chi connectivity index (χ1n) is 6.84. The summed E-state index contributed by atoms with van der Waals surface area (Å²) < 4.78 is 13.2. The number of aromatic amines is 1. The topological polar surface area (TPSA) is 75.0 Å². The summed E-state index contributed by atoms with van der Waals surface area (Å²) in [7, 11) is 1.74. The second kappa shape index (κ2) is 8.51. The van der Waals surface area contributed by atoms with Gasteiger partial charge in [0.25, 0.3) is 0 Å². The van der Waals surface area contributed by atoms with Crippen molar-refractivity contribution in [1.82, 2.24) is 15.1 Å². The maximum Gasteiger partial charge on any atom is 0.236 e. The van der Waals surface area contributed by atoms with E-state index in [9.17, 15) is 9.18 Å². The fraction of sp³-hybridized carbons (Fsp3) is 0.333. The fourth-order valence-electron chi connectivity index (χ4n) is 2.07. The summed E-state index contributed by atoms with van der Waals surface area (Å²) in [6.07, 6.45) is 1.58. The maximum atomic E-state index is 13.2. The van der Waals surface area contributed by atoms with E-state index in [1.807, 2.05) is 12.1 Å². The molecule has 1 heterocycles.